The van der Waals surface area contributed by atoms with Gasteiger partial charge in [-0.3, -0.25) is 0 Å². The number of piperidine rings is 1. The Morgan fingerprint density at radius 1 is 1.00 bits per heavy atom. The van der Waals surface area contributed by atoms with E-state index in [9.17, 15) is 8.42 Å². The van der Waals surface area contributed by atoms with E-state index in [1.807, 2.05) is 4.31 Å². The Hall–Kier alpha value is 0.390. The van der Waals surface area contributed by atoms with Crippen molar-refractivity contribution in [2.45, 2.75) is 69.1 Å². The Kier molecular flexibility index (Phi) is 5.51. The first-order valence-electron chi connectivity index (χ1n) is 7.23. The Balaban J connectivity index is 2.10. The third-order valence-corrected chi connectivity index (χ3v) is 7.22. The summed E-state index contributed by atoms with van der Waals surface area (Å²) in [5.74, 6) is 0. The van der Waals surface area contributed by atoms with Crippen LogP contribution in [0.4, 0.5) is 0 Å². The van der Waals surface area contributed by atoms with E-state index in [2.05, 4.69) is 15.9 Å². The van der Waals surface area contributed by atoms with Crippen LogP contribution in [-0.2, 0) is 10.0 Å². The summed E-state index contributed by atoms with van der Waals surface area (Å²) in [6, 6.07) is 0.241. The Labute approximate surface area is 119 Å². The molecule has 3 nitrogen and oxygen atoms in total. The van der Waals surface area contributed by atoms with Crippen molar-refractivity contribution in [1.82, 2.24) is 4.31 Å². The fraction of sp³-hybridized carbons (Fsp3) is 1.00. The predicted octanol–water partition coefficient (Wildman–Crippen LogP) is 3.29. The van der Waals surface area contributed by atoms with Crippen molar-refractivity contribution >= 4 is 26.0 Å². The van der Waals surface area contributed by atoms with E-state index >= 15 is 0 Å². The average Bonchev–Trinajstić information content (AvgIpc) is 2.41. The molecule has 5 heteroatoms. The van der Waals surface area contributed by atoms with Crippen molar-refractivity contribution < 1.29 is 8.42 Å². The SMILES string of the molecule is O=S(=O)(C1CCCCC1)N1CCCCC1CCBr. The first-order valence-corrected chi connectivity index (χ1v) is 9.85. The molecular weight excluding hydrogens is 314 g/mol. The van der Waals surface area contributed by atoms with Gasteiger partial charge in [0.15, 0.2) is 0 Å². The molecule has 1 aliphatic heterocycles. The lowest BCUT2D eigenvalue weighted by molar-refractivity contribution is 0.243. The highest BCUT2D eigenvalue weighted by Gasteiger charge is 2.37. The predicted molar refractivity (Wildman–Crippen MR) is 78.5 cm³/mol. The van der Waals surface area contributed by atoms with Gasteiger partial charge in [-0.1, -0.05) is 41.6 Å². The van der Waals surface area contributed by atoms with Crippen molar-refractivity contribution in [3.05, 3.63) is 0 Å². The number of rotatable bonds is 4. The number of sulfonamides is 1. The molecule has 18 heavy (non-hydrogen) atoms. The van der Waals surface area contributed by atoms with E-state index in [0.717, 1.165) is 56.8 Å². The lowest BCUT2D eigenvalue weighted by atomic mass is 10.0. The molecule has 0 aromatic heterocycles. The van der Waals surface area contributed by atoms with E-state index in [-0.39, 0.29) is 11.3 Å². The summed E-state index contributed by atoms with van der Waals surface area (Å²) in [6.07, 6.45) is 9.32. The fourth-order valence-corrected chi connectivity index (χ4v) is 6.13. The molecule has 2 fully saturated rings. The molecule has 0 bridgehead atoms. The van der Waals surface area contributed by atoms with Gasteiger partial charge in [-0.2, -0.15) is 4.31 Å². The van der Waals surface area contributed by atoms with Crippen molar-refractivity contribution in [2.75, 3.05) is 11.9 Å². The molecule has 106 valence electrons. The quantitative estimate of drug-likeness (QED) is 0.738. The topological polar surface area (TPSA) is 37.4 Å². The van der Waals surface area contributed by atoms with Gasteiger partial charge in [0.25, 0.3) is 0 Å². The maximum atomic E-state index is 12.7. The van der Waals surface area contributed by atoms with Gasteiger partial charge in [0.2, 0.25) is 10.0 Å². The molecule has 1 saturated heterocycles. The van der Waals surface area contributed by atoms with Crippen molar-refractivity contribution in [3.63, 3.8) is 0 Å². The maximum Gasteiger partial charge on any atom is 0.217 e. The minimum atomic E-state index is -3.04. The van der Waals surface area contributed by atoms with Gasteiger partial charge in [-0.25, -0.2) is 8.42 Å². The zero-order valence-corrected chi connectivity index (χ0v) is 13.4. The number of hydrogen-bond acceptors (Lipinski definition) is 2. The van der Waals surface area contributed by atoms with E-state index < -0.39 is 10.0 Å². The van der Waals surface area contributed by atoms with Crippen LogP contribution in [0.15, 0.2) is 0 Å². The number of halogens is 1. The zero-order chi connectivity index (χ0) is 13.0. The monoisotopic (exact) mass is 337 g/mol. The van der Waals surface area contributed by atoms with Crippen LogP contribution in [0.2, 0.25) is 0 Å². The molecule has 0 aromatic rings. The molecule has 0 radical (unpaired) electrons. The highest BCUT2D eigenvalue weighted by Crippen LogP contribution is 2.31. The van der Waals surface area contributed by atoms with Crippen LogP contribution in [0.3, 0.4) is 0 Å². The Bertz CT molecular complexity index is 350. The minimum Gasteiger partial charge on any atom is -0.212 e. The van der Waals surface area contributed by atoms with Crippen LogP contribution in [0.5, 0.6) is 0 Å². The third-order valence-electron chi connectivity index (χ3n) is 4.32. The summed E-state index contributed by atoms with van der Waals surface area (Å²) < 4.78 is 27.3. The lowest BCUT2D eigenvalue weighted by Gasteiger charge is -2.37. The molecule has 0 spiro atoms. The number of alkyl halides is 1. The molecule has 1 unspecified atom stereocenters. The van der Waals surface area contributed by atoms with Crippen LogP contribution in [0, 0.1) is 0 Å². The van der Waals surface area contributed by atoms with Gasteiger partial charge in [-0.05, 0) is 32.1 Å². The van der Waals surface area contributed by atoms with Crippen LogP contribution in [0.1, 0.15) is 57.8 Å². The highest BCUT2D eigenvalue weighted by atomic mass is 79.9. The van der Waals surface area contributed by atoms with Gasteiger partial charge < -0.3 is 0 Å². The summed E-state index contributed by atoms with van der Waals surface area (Å²) in [5.41, 5.74) is 0. The second kappa shape index (κ2) is 6.71. The van der Waals surface area contributed by atoms with Crippen molar-refractivity contribution in [2.24, 2.45) is 0 Å². The maximum absolute atomic E-state index is 12.7. The molecule has 1 heterocycles. The molecule has 0 N–H and O–H groups in total. The van der Waals surface area contributed by atoms with Crippen LogP contribution >= 0.6 is 15.9 Å². The summed E-state index contributed by atoms with van der Waals surface area (Å²) in [4.78, 5) is 0. The smallest absolute Gasteiger partial charge is 0.212 e. The standard InChI is InChI=1S/C13H24BrNO2S/c14-10-9-12-6-4-5-11-15(12)18(16,17)13-7-2-1-3-8-13/h12-13H,1-11H2. The normalized spacial score (nSPS) is 28.4. The zero-order valence-electron chi connectivity index (χ0n) is 11.0. The number of hydrogen-bond donors (Lipinski definition) is 0. The van der Waals surface area contributed by atoms with Crippen molar-refractivity contribution in [3.8, 4) is 0 Å². The highest BCUT2D eigenvalue weighted by molar-refractivity contribution is 9.09. The van der Waals surface area contributed by atoms with Crippen molar-refractivity contribution in [1.29, 1.82) is 0 Å². The largest absolute Gasteiger partial charge is 0.217 e. The van der Waals surface area contributed by atoms with Gasteiger partial charge in [0.05, 0.1) is 5.25 Å². The minimum absolute atomic E-state index is 0.0952. The lowest BCUT2D eigenvalue weighted by Crippen LogP contribution is -2.48. The fourth-order valence-electron chi connectivity index (χ4n) is 3.28. The molecule has 0 amide bonds. The summed E-state index contributed by atoms with van der Waals surface area (Å²) in [7, 11) is -3.04. The summed E-state index contributed by atoms with van der Waals surface area (Å²) in [5, 5.41) is 0.802. The van der Waals surface area contributed by atoms with Gasteiger partial charge in [-0.15, -0.1) is 0 Å². The molecule has 0 aromatic carbocycles. The Morgan fingerprint density at radius 2 is 1.67 bits per heavy atom. The van der Waals surface area contributed by atoms with Gasteiger partial charge in [0, 0.05) is 17.9 Å². The van der Waals surface area contributed by atoms with Crippen LogP contribution < -0.4 is 0 Å². The first-order chi connectivity index (χ1) is 8.66. The summed E-state index contributed by atoms with van der Waals surface area (Å²) >= 11 is 3.45. The first kappa shape index (κ1) is 14.8. The van der Waals surface area contributed by atoms with E-state index in [4.69, 9.17) is 0 Å². The van der Waals surface area contributed by atoms with E-state index in [1.54, 1.807) is 0 Å². The summed E-state index contributed by atoms with van der Waals surface area (Å²) in [6.45, 7) is 0.747. The molecule has 1 aliphatic carbocycles. The molecule has 1 atom stereocenters. The molecular formula is C13H24BrNO2S. The average molecular weight is 338 g/mol. The molecule has 2 rings (SSSR count). The second-order valence-electron chi connectivity index (χ2n) is 5.54. The Morgan fingerprint density at radius 3 is 2.33 bits per heavy atom. The van der Waals surface area contributed by atoms with Gasteiger partial charge >= 0.3 is 0 Å². The van der Waals surface area contributed by atoms with Crippen LogP contribution in [0.25, 0.3) is 0 Å². The van der Waals surface area contributed by atoms with Crippen LogP contribution in [-0.4, -0.2) is 35.9 Å². The van der Waals surface area contributed by atoms with E-state index in [1.165, 1.54) is 12.8 Å². The van der Waals surface area contributed by atoms with E-state index in [0.29, 0.717) is 0 Å². The second-order valence-corrected chi connectivity index (χ2v) is 8.50. The molecule has 2 aliphatic rings. The third kappa shape index (κ3) is 3.28. The molecule has 1 saturated carbocycles. The number of nitrogens with zero attached hydrogens (tertiary/aromatic N) is 1. The van der Waals surface area contributed by atoms with Gasteiger partial charge in [0.1, 0.15) is 0 Å².